The van der Waals surface area contributed by atoms with Crippen molar-refractivity contribution in [3.8, 4) is 11.5 Å². The second kappa shape index (κ2) is 3.09. The van der Waals surface area contributed by atoms with Crippen molar-refractivity contribution < 1.29 is 9.31 Å². The fourth-order valence-corrected chi connectivity index (χ4v) is 1.31. The first-order valence-electron chi connectivity index (χ1n) is 4.32. The average Bonchev–Trinajstić information content (AvgIpc) is 2.47. The second-order valence-electron chi connectivity index (χ2n) is 2.90. The molecule has 1 aliphatic heterocycles. The van der Waals surface area contributed by atoms with Crippen molar-refractivity contribution in [2.45, 2.75) is 19.7 Å². The summed E-state index contributed by atoms with van der Waals surface area (Å²) < 4.78 is 11.1. The van der Waals surface area contributed by atoms with Gasteiger partial charge < -0.3 is 9.31 Å². The molecule has 2 rings (SSSR count). The predicted molar refractivity (Wildman–Crippen MR) is 48.6 cm³/mol. The van der Waals surface area contributed by atoms with Crippen LogP contribution in [0.1, 0.15) is 13.3 Å². The zero-order chi connectivity index (χ0) is 8.39. The topological polar surface area (TPSA) is 18.5 Å². The quantitative estimate of drug-likeness (QED) is 0.621. The molecule has 12 heavy (non-hydrogen) atoms. The number of hydrogen-bond acceptors (Lipinski definition) is 2. The molecular weight excluding hydrogens is 151 g/mol. The van der Waals surface area contributed by atoms with Crippen LogP contribution in [0.4, 0.5) is 0 Å². The summed E-state index contributed by atoms with van der Waals surface area (Å²) in [6, 6.07) is 7.78. The minimum absolute atomic E-state index is 0.0626. The van der Waals surface area contributed by atoms with Gasteiger partial charge in [0.15, 0.2) is 0 Å². The van der Waals surface area contributed by atoms with Gasteiger partial charge in [-0.1, -0.05) is 25.5 Å². The minimum Gasteiger partial charge on any atom is -0.523 e. The van der Waals surface area contributed by atoms with E-state index < -0.39 is 0 Å². The van der Waals surface area contributed by atoms with E-state index in [4.69, 9.17) is 9.31 Å². The summed E-state index contributed by atoms with van der Waals surface area (Å²) in [7, 11) is -0.0626. The van der Waals surface area contributed by atoms with Gasteiger partial charge in [0.25, 0.3) is 0 Å². The van der Waals surface area contributed by atoms with E-state index >= 15 is 0 Å². The van der Waals surface area contributed by atoms with E-state index in [1.807, 2.05) is 24.3 Å². The van der Waals surface area contributed by atoms with Crippen molar-refractivity contribution >= 4 is 7.12 Å². The second-order valence-corrected chi connectivity index (χ2v) is 2.90. The molecule has 0 aliphatic carbocycles. The smallest absolute Gasteiger partial charge is 0.523 e. The highest BCUT2D eigenvalue weighted by Crippen LogP contribution is 2.33. The lowest BCUT2D eigenvalue weighted by Crippen LogP contribution is -2.23. The largest absolute Gasteiger partial charge is 0.594 e. The van der Waals surface area contributed by atoms with Crippen molar-refractivity contribution in [1.29, 1.82) is 0 Å². The van der Waals surface area contributed by atoms with Gasteiger partial charge in [0.1, 0.15) is 11.5 Å². The van der Waals surface area contributed by atoms with Crippen LogP contribution in [0.5, 0.6) is 11.5 Å². The van der Waals surface area contributed by atoms with Crippen molar-refractivity contribution in [2.75, 3.05) is 0 Å². The minimum atomic E-state index is -0.0626. The molecule has 0 atom stereocenters. The Kier molecular flexibility index (Phi) is 1.94. The van der Waals surface area contributed by atoms with Gasteiger partial charge in [-0.2, -0.15) is 0 Å². The molecule has 0 aromatic heterocycles. The van der Waals surface area contributed by atoms with Gasteiger partial charge in [0.05, 0.1) is 0 Å². The van der Waals surface area contributed by atoms with Crippen LogP contribution in [0.3, 0.4) is 0 Å². The SMILES string of the molecule is CCCB1Oc2ccccc2O1. The van der Waals surface area contributed by atoms with E-state index in [1.54, 1.807) is 0 Å². The summed E-state index contributed by atoms with van der Waals surface area (Å²) >= 11 is 0. The summed E-state index contributed by atoms with van der Waals surface area (Å²) in [6.45, 7) is 2.12. The molecule has 0 saturated heterocycles. The lowest BCUT2D eigenvalue weighted by atomic mass is 9.84. The maximum absolute atomic E-state index is 5.53. The molecule has 0 N–H and O–H groups in total. The lowest BCUT2D eigenvalue weighted by Gasteiger charge is -2.00. The van der Waals surface area contributed by atoms with Gasteiger partial charge in [-0.05, 0) is 12.1 Å². The van der Waals surface area contributed by atoms with Crippen LogP contribution >= 0.6 is 0 Å². The molecule has 0 spiro atoms. The highest BCUT2D eigenvalue weighted by Gasteiger charge is 2.29. The van der Waals surface area contributed by atoms with Gasteiger partial charge in [0, 0.05) is 6.32 Å². The molecule has 0 fully saturated rings. The molecule has 1 aromatic rings. The van der Waals surface area contributed by atoms with Crippen molar-refractivity contribution in [3.05, 3.63) is 24.3 Å². The average molecular weight is 162 g/mol. The Hall–Kier alpha value is -1.12. The molecule has 0 amide bonds. The Bertz CT molecular complexity index is 250. The highest BCUT2D eigenvalue weighted by atomic mass is 16.6. The Labute approximate surface area is 72.6 Å². The van der Waals surface area contributed by atoms with Gasteiger partial charge in [-0.15, -0.1) is 0 Å². The van der Waals surface area contributed by atoms with E-state index in [0.717, 1.165) is 24.2 Å². The molecule has 62 valence electrons. The molecular formula is C9H11BO2. The Morgan fingerprint density at radius 2 is 1.75 bits per heavy atom. The molecule has 1 aliphatic rings. The van der Waals surface area contributed by atoms with Crippen molar-refractivity contribution in [3.63, 3.8) is 0 Å². The summed E-state index contributed by atoms with van der Waals surface area (Å²) in [5.74, 6) is 1.74. The molecule has 0 saturated carbocycles. The molecule has 0 radical (unpaired) electrons. The van der Waals surface area contributed by atoms with Crippen LogP contribution in [0.15, 0.2) is 24.3 Å². The van der Waals surface area contributed by atoms with Gasteiger partial charge in [-0.25, -0.2) is 0 Å². The summed E-state index contributed by atoms with van der Waals surface area (Å²) in [5.41, 5.74) is 0. The fraction of sp³-hybridized carbons (Fsp3) is 0.333. The third-order valence-electron chi connectivity index (χ3n) is 1.89. The molecule has 1 heterocycles. The third kappa shape index (κ3) is 1.27. The summed E-state index contributed by atoms with van der Waals surface area (Å²) in [6.07, 6.45) is 2.04. The van der Waals surface area contributed by atoms with E-state index in [9.17, 15) is 0 Å². The van der Waals surface area contributed by atoms with E-state index in [1.165, 1.54) is 0 Å². The van der Waals surface area contributed by atoms with Crippen LogP contribution in [0.2, 0.25) is 6.32 Å². The Morgan fingerprint density at radius 3 is 2.25 bits per heavy atom. The van der Waals surface area contributed by atoms with E-state index in [0.29, 0.717) is 0 Å². The van der Waals surface area contributed by atoms with Gasteiger partial charge >= 0.3 is 7.12 Å². The van der Waals surface area contributed by atoms with Crippen molar-refractivity contribution in [2.24, 2.45) is 0 Å². The number of para-hydroxylation sites is 2. The standard InChI is InChI=1S/C9H11BO2/c1-2-7-10-11-8-5-3-4-6-9(8)12-10/h3-6H,2,7H2,1H3. The van der Waals surface area contributed by atoms with Gasteiger partial charge in [-0.3, -0.25) is 0 Å². The number of benzene rings is 1. The third-order valence-corrected chi connectivity index (χ3v) is 1.89. The van der Waals surface area contributed by atoms with Gasteiger partial charge in [0.2, 0.25) is 0 Å². The fourth-order valence-electron chi connectivity index (χ4n) is 1.31. The first-order valence-corrected chi connectivity index (χ1v) is 4.32. The normalized spacial score (nSPS) is 13.6. The maximum atomic E-state index is 5.53. The van der Waals surface area contributed by atoms with E-state index in [2.05, 4.69) is 6.92 Å². The van der Waals surface area contributed by atoms with E-state index in [-0.39, 0.29) is 7.12 Å². The Balaban J connectivity index is 2.11. The number of rotatable bonds is 2. The first-order chi connectivity index (χ1) is 5.90. The monoisotopic (exact) mass is 162 g/mol. The molecule has 3 heteroatoms. The van der Waals surface area contributed by atoms with Crippen LogP contribution < -0.4 is 9.31 Å². The molecule has 1 aromatic carbocycles. The predicted octanol–water partition coefficient (Wildman–Crippen LogP) is 2.36. The van der Waals surface area contributed by atoms with Crippen molar-refractivity contribution in [1.82, 2.24) is 0 Å². The summed E-state index contributed by atoms with van der Waals surface area (Å²) in [5, 5.41) is 0. The molecule has 0 bridgehead atoms. The number of hydrogen-bond donors (Lipinski definition) is 0. The first kappa shape index (κ1) is 7.53. The van der Waals surface area contributed by atoms with Crippen LogP contribution in [0.25, 0.3) is 0 Å². The van der Waals surface area contributed by atoms with Crippen LogP contribution in [-0.2, 0) is 0 Å². The number of fused-ring (bicyclic) bond motifs is 1. The molecule has 2 nitrogen and oxygen atoms in total. The highest BCUT2D eigenvalue weighted by molar-refractivity contribution is 6.47. The summed E-state index contributed by atoms with van der Waals surface area (Å²) in [4.78, 5) is 0. The maximum Gasteiger partial charge on any atom is 0.594 e. The van der Waals surface area contributed by atoms with Crippen LogP contribution in [-0.4, -0.2) is 7.12 Å². The zero-order valence-electron chi connectivity index (χ0n) is 7.12. The Morgan fingerprint density at radius 1 is 1.17 bits per heavy atom. The molecule has 0 unspecified atom stereocenters. The lowest BCUT2D eigenvalue weighted by molar-refractivity contribution is 0.495. The zero-order valence-corrected chi connectivity index (χ0v) is 7.12. The van der Waals surface area contributed by atoms with Crippen LogP contribution in [0, 0.1) is 0 Å².